The minimum absolute atomic E-state index is 0.0682. The Morgan fingerprint density at radius 2 is 1.80 bits per heavy atom. The third kappa shape index (κ3) is 3.33. The lowest BCUT2D eigenvalue weighted by Crippen LogP contribution is -2.51. The number of nitrogens with zero attached hydrogens (tertiary/aromatic N) is 2. The van der Waals surface area contributed by atoms with Crippen LogP contribution in [0.3, 0.4) is 0 Å². The maximum absolute atomic E-state index is 12.7. The molecule has 2 unspecified atom stereocenters. The molecule has 2 fully saturated rings. The number of amides is 2. The summed E-state index contributed by atoms with van der Waals surface area (Å²) in [7, 11) is 0. The van der Waals surface area contributed by atoms with Gasteiger partial charge in [0.2, 0.25) is 5.91 Å². The Morgan fingerprint density at radius 1 is 1.04 bits per heavy atom. The molecule has 4 rings (SSSR count). The molecule has 2 aliphatic rings. The van der Waals surface area contributed by atoms with Crippen LogP contribution in [0.25, 0.3) is 0 Å². The van der Waals surface area contributed by atoms with Crippen molar-refractivity contribution in [2.24, 2.45) is 5.92 Å². The van der Waals surface area contributed by atoms with E-state index in [0.29, 0.717) is 32.1 Å². The van der Waals surface area contributed by atoms with Crippen molar-refractivity contribution in [2.75, 3.05) is 26.2 Å². The van der Waals surface area contributed by atoms with Gasteiger partial charge in [-0.2, -0.15) is 0 Å². The zero-order valence-electron chi connectivity index (χ0n) is 14.4. The van der Waals surface area contributed by atoms with Crippen LogP contribution in [0.5, 0.6) is 0 Å². The molecule has 1 aromatic carbocycles. The van der Waals surface area contributed by atoms with E-state index in [9.17, 15) is 9.59 Å². The zero-order valence-corrected chi connectivity index (χ0v) is 15.2. The molecule has 25 heavy (non-hydrogen) atoms. The summed E-state index contributed by atoms with van der Waals surface area (Å²) in [6.07, 6.45) is 0.974. The summed E-state index contributed by atoms with van der Waals surface area (Å²) in [5, 5.41) is 2.07. The average Bonchev–Trinajstić information content (AvgIpc) is 3.25. The summed E-state index contributed by atoms with van der Waals surface area (Å²) in [6, 6.07) is 11.9. The highest BCUT2D eigenvalue weighted by Crippen LogP contribution is 2.50. The smallest absolute Gasteiger partial charge is 0.253 e. The second-order valence-electron chi connectivity index (χ2n) is 6.95. The molecule has 1 aliphatic carbocycles. The van der Waals surface area contributed by atoms with Gasteiger partial charge in [-0.3, -0.25) is 9.59 Å². The number of piperazine rings is 1. The number of carbonyl (C=O) groups is 2. The van der Waals surface area contributed by atoms with Gasteiger partial charge in [0.25, 0.3) is 5.91 Å². The van der Waals surface area contributed by atoms with Gasteiger partial charge in [0, 0.05) is 48.5 Å². The van der Waals surface area contributed by atoms with Crippen molar-refractivity contribution < 1.29 is 9.59 Å². The minimum atomic E-state index is 0.0682. The number of hydrogen-bond donors (Lipinski definition) is 0. The van der Waals surface area contributed by atoms with Crippen molar-refractivity contribution in [3.8, 4) is 0 Å². The number of carbonyl (C=O) groups excluding carboxylic acids is 2. The summed E-state index contributed by atoms with van der Waals surface area (Å²) >= 11 is 1.74. The van der Waals surface area contributed by atoms with E-state index in [4.69, 9.17) is 0 Å². The van der Waals surface area contributed by atoms with E-state index >= 15 is 0 Å². The second kappa shape index (κ2) is 6.64. The van der Waals surface area contributed by atoms with Crippen LogP contribution in [-0.4, -0.2) is 47.8 Å². The predicted molar refractivity (Wildman–Crippen MR) is 98.8 cm³/mol. The van der Waals surface area contributed by atoms with Gasteiger partial charge in [-0.1, -0.05) is 23.8 Å². The summed E-state index contributed by atoms with van der Waals surface area (Å²) < 4.78 is 0. The summed E-state index contributed by atoms with van der Waals surface area (Å²) in [5.74, 6) is 0.900. The summed E-state index contributed by atoms with van der Waals surface area (Å²) in [5.41, 5.74) is 1.83. The lowest BCUT2D eigenvalue weighted by atomic mass is 10.1. The van der Waals surface area contributed by atoms with Gasteiger partial charge in [0.1, 0.15) is 0 Å². The van der Waals surface area contributed by atoms with Crippen LogP contribution in [-0.2, 0) is 4.79 Å². The minimum Gasteiger partial charge on any atom is -0.339 e. The first-order valence-electron chi connectivity index (χ1n) is 8.81. The van der Waals surface area contributed by atoms with E-state index in [-0.39, 0.29) is 17.7 Å². The van der Waals surface area contributed by atoms with Gasteiger partial charge in [0.05, 0.1) is 0 Å². The van der Waals surface area contributed by atoms with E-state index in [2.05, 4.69) is 17.5 Å². The molecule has 0 spiro atoms. The SMILES string of the molecule is Cc1cccc(C(=O)N2CCN(C(=O)C3CC3c3cccs3)CC2)c1. The Morgan fingerprint density at radius 3 is 2.48 bits per heavy atom. The Labute approximate surface area is 152 Å². The molecule has 2 atom stereocenters. The van der Waals surface area contributed by atoms with E-state index < -0.39 is 0 Å². The highest BCUT2D eigenvalue weighted by molar-refractivity contribution is 7.10. The maximum atomic E-state index is 12.7. The van der Waals surface area contributed by atoms with Gasteiger partial charge in [-0.15, -0.1) is 11.3 Å². The van der Waals surface area contributed by atoms with Crippen LogP contribution in [0.15, 0.2) is 41.8 Å². The second-order valence-corrected chi connectivity index (χ2v) is 7.93. The van der Waals surface area contributed by atoms with Crippen molar-refractivity contribution in [2.45, 2.75) is 19.3 Å². The number of rotatable bonds is 3. The molecule has 2 amide bonds. The highest BCUT2D eigenvalue weighted by atomic mass is 32.1. The molecule has 130 valence electrons. The number of aryl methyl sites for hydroxylation is 1. The van der Waals surface area contributed by atoms with Gasteiger partial charge in [-0.05, 0) is 36.9 Å². The molecule has 5 heteroatoms. The summed E-state index contributed by atoms with van der Waals surface area (Å²) in [6.45, 7) is 4.52. The van der Waals surface area contributed by atoms with Crippen LogP contribution in [0, 0.1) is 12.8 Å². The molecule has 0 N–H and O–H groups in total. The van der Waals surface area contributed by atoms with Crippen LogP contribution in [0.1, 0.15) is 33.1 Å². The largest absolute Gasteiger partial charge is 0.339 e. The highest BCUT2D eigenvalue weighted by Gasteiger charge is 2.46. The predicted octanol–water partition coefficient (Wildman–Crippen LogP) is 3.14. The third-order valence-electron chi connectivity index (χ3n) is 5.16. The zero-order chi connectivity index (χ0) is 17.4. The number of hydrogen-bond acceptors (Lipinski definition) is 3. The Balaban J connectivity index is 1.33. The van der Waals surface area contributed by atoms with Crippen molar-refractivity contribution in [3.63, 3.8) is 0 Å². The molecule has 4 nitrogen and oxygen atoms in total. The van der Waals surface area contributed by atoms with E-state index in [1.54, 1.807) is 11.3 Å². The van der Waals surface area contributed by atoms with Gasteiger partial charge in [-0.25, -0.2) is 0 Å². The van der Waals surface area contributed by atoms with Gasteiger partial charge >= 0.3 is 0 Å². The molecule has 0 radical (unpaired) electrons. The first-order chi connectivity index (χ1) is 12.1. The fourth-order valence-corrected chi connectivity index (χ4v) is 4.52. The van der Waals surface area contributed by atoms with E-state index in [0.717, 1.165) is 17.5 Å². The van der Waals surface area contributed by atoms with Crippen molar-refractivity contribution in [1.29, 1.82) is 0 Å². The van der Waals surface area contributed by atoms with E-state index in [1.165, 1.54) is 4.88 Å². The quantitative estimate of drug-likeness (QED) is 0.850. The first-order valence-corrected chi connectivity index (χ1v) is 9.69. The van der Waals surface area contributed by atoms with Crippen molar-refractivity contribution in [3.05, 3.63) is 57.8 Å². The normalized spacial score (nSPS) is 22.8. The standard InChI is InChI=1S/C20H22N2O2S/c1-14-4-2-5-15(12-14)19(23)21-7-9-22(10-8-21)20(24)17-13-16(17)18-6-3-11-25-18/h2-6,11-12,16-17H,7-10,13H2,1H3. The molecular weight excluding hydrogens is 332 g/mol. The lowest BCUT2D eigenvalue weighted by molar-refractivity contribution is -0.134. The molecular formula is C20H22N2O2S. The van der Waals surface area contributed by atoms with Crippen LogP contribution in [0.4, 0.5) is 0 Å². The molecule has 1 saturated carbocycles. The Kier molecular flexibility index (Phi) is 4.34. The fraction of sp³-hybridized carbons (Fsp3) is 0.400. The van der Waals surface area contributed by atoms with E-state index in [1.807, 2.05) is 41.0 Å². The van der Waals surface area contributed by atoms with Crippen LogP contribution in [0.2, 0.25) is 0 Å². The van der Waals surface area contributed by atoms with Crippen LogP contribution < -0.4 is 0 Å². The van der Waals surface area contributed by atoms with Crippen LogP contribution >= 0.6 is 11.3 Å². The number of thiophene rings is 1. The maximum Gasteiger partial charge on any atom is 0.253 e. The van der Waals surface area contributed by atoms with Crippen molar-refractivity contribution >= 4 is 23.2 Å². The lowest BCUT2D eigenvalue weighted by Gasteiger charge is -2.35. The molecule has 1 aromatic heterocycles. The topological polar surface area (TPSA) is 40.6 Å². The average molecular weight is 354 g/mol. The van der Waals surface area contributed by atoms with Gasteiger partial charge < -0.3 is 9.80 Å². The third-order valence-corrected chi connectivity index (χ3v) is 6.16. The molecule has 2 aromatic rings. The molecule has 0 bridgehead atoms. The Bertz CT molecular complexity index is 779. The molecule has 1 saturated heterocycles. The number of benzene rings is 1. The molecule has 2 heterocycles. The monoisotopic (exact) mass is 354 g/mol. The van der Waals surface area contributed by atoms with Crippen molar-refractivity contribution in [1.82, 2.24) is 9.80 Å². The first kappa shape index (κ1) is 16.3. The Hall–Kier alpha value is -2.14. The van der Waals surface area contributed by atoms with Gasteiger partial charge in [0.15, 0.2) is 0 Å². The summed E-state index contributed by atoms with van der Waals surface area (Å²) in [4.78, 5) is 30.4. The fourth-order valence-electron chi connectivity index (χ4n) is 3.61. The molecule has 1 aliphatic heterocycles.